The zero-order chi connectivity index (χ0) is 11.5. The Morgan fingerprint density at radius 1 is 0.933 bits per heavy atom. The van der Waals surface area contributed by atoms with Crippen LogP contribution >= 0.6 is 0 Å². The van der Waals surface area contributed by atoms with Crippen molar-refractivity contribution in [3.05, 3.63) is 0 Å². The van der Waals surface area contributed by atoms with Crippen molar-refractivity contribution in [3.8, 4) is 0 Å². The molecule has 0 aromatic carbocycles. The molecule has 0 aromatic rings. The van der Waals surface area contributed by atoms with Crippen LogP contribution in [0.2, 0.25) is 25.7 Å². The second-order valence-corrected chi connectivity index (χ2v) is 9.48. The van der Waals surface area contributed by atoms with Crippen molar-refractivity contribution in [2.45, 2.75) is 38.5 Å². The minimum absolute atomic E-state index is 0.702. The highest BCUT2D eigenvalue weighted by Crippen LogP contribution is 2.04. The Hall–Kier alpha value is 0.314. The number of methoxy groups -OCH3 is 1. The molecule has 0 fully saturated rings. The molecule has 0 spiro atoms. The van der Waals surface area contributed by atoms with Gasteiger partial charge in [0.2, 0.25) is 0 Å². The normalized spacial score (nSPS) is 13.4. The first-order valence-electron chi connectivity index (χ1n) is 5.89. The molecule has 0 aliphatic heterocycles. The Morgan fingerprint density at radius 3 is 2.27 bits per heavy atom. The SMILES string of the molecule is COCCOCCCC[SiH](C)O[SiH](C)C. The molecule has 0 aromatic heterocycles. The molecule has 0 radical (unpaired) electrons. The fourth-order valence-electron chi connectivity index (χ4n) is 1.41. The molecule has 1 unspecified atom stereocenters. The quantitative estimate of drug-likeness (QED) is 0.437. The summed E-state index contributed by atoms with van der Waals surface area (Å²) in [5.41, 5.74) is 0. The van der Waals surface area contributed by atoms with E-state index in [1.165, 1.54) is 12.5 Å². The van der Waals surface area contributed by atoms with Gasteiger partial charge in [0, 0.05) is 13.7 Å². The van der Waals surface area contributed by atoms with E-state index in [0.717, 1.165) is 19.6 Å². The van der Waals surface area contributed by atoms with Gasteiger partial charge in [0.05, 0.1) is 13.2 Å². The lowest BCUT2D eigenvalue weighted by Crippen LogP contribution is -2.21. The van der Waals surface area contributed by atoms with Crippen LogP contribution in [0.4, 0.5) is 0 Å². The third-order valence-corrected chi connectivity index (χ3v) is 7.34. The fraction of sp³-hybridized carbons (Fsp3) is 1.00. The molecular formula is C10H26O3Si2. The lowest BCUT2D eigenvalue weighted by Gasteiger charge is -2.14. The van der Waals surface area contributed by atoms with Crippen LogP contribution in [-0.4, -0.2) is 45.0 Å². The van der Waals surface area contributed by atoms with Gasteiger partial charge in [-0.15, -0.1) is 0 Å². The molecule has 92 valence electrons. The standard InChI is InChI=1S/C10H26O3Si2/c1-11-8-9-12-7-5-6-10-15(4)13-14(2)3/h14-15H,5-10H2,1-4H3. The molecule has 1 atom stereocenters. The molecule has 0 aliphatic carbocycles. The van der Waals surface area contributed by atoms with Gasteiger partial charge in [-0.2, -0.15) is 0 Å². The van der Waals surface area contributed by atoms with Crippen LogP contribution in [0.25, 0.3) is 0 Å². The van der Waals surface area contributed by atoms with E-state index >= 15 is 0 Å². The van der Waals surface area contributed by atoms with Crippen LogP contribution in [0.15, 0.2) is 0 Å². The Balaban J connectivity index is 3.09. The highest BCUT2D eigenvalue weighted by atomic mass is 28.4. The van der Waals surface area contributed by atoms with Gasteiger partial charge < -0.3 is 13.6 Å². The second kappa shape index (κ2) is 10.8. The second-order valence-electron chi connectivity index (χ2n) is 4.10. The highest BCUT2D eigenvalue weighted by Gasteiger charge is 2.06. The van der Waals surface area contributed by atoms with Crippen molar-refractivity contribution < 1.29 is 13.6 Å². The first-order chi connectivity index (χ1) is 7.16. The molecule has 5 heteroatoms. The van der Waals surface area contributed by atoms with E-state index in [1.807, 2.05) is 0 Å². The molecule has 0 saturated carbocycles. The van der Waals surface area contributed by atoms with Crippen molar-refractivity contribution >= 4 is 18.1 Å². The fourth-order valence-corrected chi connectivity index (χ4v) is 6.54. The molecular weight excluding hydrogens is 224 g/mol. The summed E-state index contributed by atoms with van der Waals surface area (Å²) in [5.74, 6) is 0. The minimum atomic E-state index is -0.843. The van der Waals surface area contributed by atoms with E-state index in [2.05, 4.69) is 19.6 Å². The number of rotatable bonds is 10. The van der Waals surface area contributed by atoms with Gasteiger partial charge in [0.25, 0.3) is 0 Å². The lowest BCUT2D eigenvalue weighted by molar-refractivity contribution is 0.0692. The Morgan fingerprint density at radius 2 is 1.67 bits per heavy atom. The summed E-state index contributed by atoms with van der Waals surface area (Å²) in [5, 5.41) is 0. The third-order valence-electron chi connectivity index (χ3n) is 2.09. The average molecular weight is 250 g/mol. The van der Waals surface area contributed by atoms with Crippen LogP contribution in [0.1, 0.15) is 12.8 Å². The summed E-state index contributed by atoms with van der Waals surface area (Å²) in [7, 11) is 0.0660. The predicted octanol–water partition coefficient (Wildman–Crippen LogP) is 1.78. The van der Waals surface area contributed by atoms with Crippen LogP contribution < -0.4 is 0 Å². The van der Waals surface area contributed by atoms with Crippen LogP contribution in [0.5, 0.6) is 0 Å². The number of hydrogen-bond acceptors (Lipinski definition) is 3. The average Bonchev–Trinajstić information content (AvgIpc) is 2.15. The van der Waals surface area contributed by atoms with Gasteiger partial charge in [0.15, 0.2) is 18.1 Å². The van der Waals surface area contributed by atoms with E-state index in [0.29, 0.717) is 6.61 Å². The van der Waals surface area contributed by atoms with Gasteiger partial charge in [-0.05, 0) is 32.1 Å². The predicted molar refractivity (Wildman–Crippen MR) is 69.7 cm³/mol. The lowest BCUT2D eigenvalue weighted by atomic mass is 10.4. The van der Waals surface area contributed by atoms with E-state index in [1.54, 1.807) is 7.11 Å². The van der Waals surface area contributed by atoms with Crippen molar-refractivity contribution in [1.82, 2.24) is 0 Å². The van der Waals surface area contributed by atoms with E-state index < -0.39 is 18.1 Å². The highest BCUT2D eigenvalue weighted by molar-refractivity contribution is 6.63. The summed E-state index contributed by atoms with van der Waals surface area (Å²) >= 11 is 0. The van der Waals surface area contributed by atoms with Crippen LogP contribution in [0.3, 0.4) is 0 Å². The smallest absolute Gasteiger partial charge is 0.159 e. The maximum Gasteiger partial charge on any atom is 0.159 e. The molecule has 0 saturated heterocycles. The summed E-state index contributed by atoms with van der Waals surface area (Å²) in [6, 6.07) is 1.29. The van der Waals surface area contributed by atoms with E-state index in [4.69, 9.17) is 13.6 Å². The van der Waals surface area contributed by atoms with E-state index in [9.17, 15) is 0 Å². The first kappa shape index (κ1) is 15.3. The molecule has 0 bridgehead atoms. The zero-order valence-electron chi connectivity index (χ0n) is 10.6. The maximum atomic E-state index is 5.91. The number of hydrogen-bond donors (Lipinski definition) is 0. The van der Waals surface area contributed by atoms with Gasteiger partial charge >= 0.3 is 0 Å². The largest absolute Gasteiger partial charge is 0.461 e. The van der Waals surface area contributed by atoms with Crippen LogP contribution in [0, 0.1) is 0 Å². The molecule has 0 heterocycles. The van der Waals surface area contributed by atoms with E-state index in [-0.39, 0.29) is 0 Å². The Bertz CT molecular complexity index is 134. The summed E-state index contributed by atoms with van der Waals surface area (Å²) in [6.45, 7) is 9.09. The molecule has 0 aliphatic rings. The molecule has 0 N–H and O–H groups in total. The van der Waals surface area contributed by atoms with Gasteiger partial charge in [-0.3, -0.25) is 0 Å². The van der Waals surface area contributed by atoms with Crippen molar-refractivity contribution in [2.24, 2.45) is 0 Å². The van der Waals surface area contributed by atoms with Gasteiger partial charge in [0.1, 0.15) is 0 Å². The van der Waals surface area contributed by atoms with Gasteiger partial charge in [-0.1, -0.05) is 6.42 Å². The maximum absolute atomic E-state index is 5.91. The monoisotopic (exact) mass is 250 g/mol. The number of ether oxygens (including phenoxy) is 2. The molecule has 0 rings (SSSR count). The van der Waals surface area contributed by atoms with Gasteiger partial charge in [-0.25, -0.2) is 0 Å². The number of unbranched alkanes of at least 4 members (excludes halogenated alkanes) is 1. The summed E-state index contributed by atoms with van der Waals surface area (Å²) in [4.78, 5) is 0. The first-order valence-corrected chi connectivity index (χ1v) is 11.1. The molecule has 0 amide bonds. The van der Waals surface area contributed by atoms with Crippen LogP contribution in [-0.2, 0) is 13.6 Å². The topological polar surface area (TPSA) is 27.7 Å². The molecule has 3 nitrogen and oxygen atoms in total. The Kier molecular flexibility index (Phi) is 11.0. The molecule has 15 heavy (non-hydrogen) atoms. The minimum Gasteiger partial charge on any atom is -0.461 e. The third kappa shape index (κ3) is 12.2. The Labute approximate surface area is 97.6 Å². The zero-order valence-corrected chi connectivity index (χ0v) is 12.9. The summed E-state index contributed by atoms with van der Waals surface area (Å²) < 4.78 is 16.2. The van der Waals surface area contributed by atoms with Crippen molar-refractivity contribution in [1.29, 1.82) is 0 Å². The van der Waals surface area contributed by atoms with Crippen molar-refractivity contribution in [3.63, 3.8) is 0 Å². The summed E-state index contributed by atoms with van der Waals surface area (Å²) in [6.07, 6.45) is 2.41. The van der Waals surface area contributed by atoms with Crippen molar-refractivity contribution in [2.75, 3.05) is 26.9 Å².